The SMILES string of the molecule is Cc1cc(-n2c(C)cc(C(=O)CSc3nc(C)c(C)n3CC(C)C)c2C)no1. The molecular formula is C21H28N4O2S. The van der Waals surface area contributed by atoms with Crippen LogP contribution < -0.4 is 0 Å². The van der Waals surface area contributed by atoms with E-state index in [1.165, 1.54) is 17.5 Å². The highest BCUT2D eigenvalue weighted by molar-refractivity contribution is 7.99. The van der Waals surface area contributed by atoms with E-state index in [2.05, 4.69) is 35.5 Å². The number of carbonyl (C=O) groups is 1. The highest BCUT2D eigenvalue weighted by Crippen LogP contribution is 2.26. The number of thioether (sulfide) groups is 1. The van der Waals surface area contributed by atoms with E-state index in [0.717, 1.165) is 40.1 Å². The first-order valence-electron chi connectivity index (χ1n) is 9.51. The van der Waals surface area contributed by atoms with E-state index >= 15 is 0 Å². The van der Waals surface area contributed by atoms with Gasteiger partial charge in [-0.25, -0.2) is 4.98 Å². The van der Waals surface area contributed by atoms with Crippen LogP contribution in [0.5, 0.6) is 0 Å². The van der Waals surface area contributed by atoms with Gasteiger partial charge < -0.3 is 9.09 Å². The van der Waals surface area contributed by atoms with Gasteiger partial charge >= 0.3 is 0 Å². The molecule has 7 heteroatoms. The second-order valence-corrected chi connectivity index (χ2v) is 8.64. The monoisotopic (exact) mass is 400 g/mol. The number of hydrogen-bond acceptors (Lipinski definition) is 5. The molecule has 0 spiro atoms. The Bertz CT molecular complexity index is 1010. The third-order valence-corrected chi connectivity index (χ3v) is 5.86. The minimum absolute atomic E-state index is 0.0963. The van der Waals surface area contributed by atoms with Crippen molar-refractivity contribution in [3.8, 4) is 5.82 Å². The zero-order valence-electron chi connectivity index (χ0n) is 17.7. The maximum Gasteiger partial charge on any atom is 0.180 e. The molecule has 0 amide bonds. The third kappa shape index (κ3) is 3.94. The number of Topliss-reactive ketones (excluding diaryl/α,β-unsaturated/α-hetero) is 1. The average Bonchev–Trinajstić information content (AvgIpc) is 3.24. The molecular weight excluding hydrogens is 372 g/mol. The lowest BCUT2D eigenvalue weighted by atomic mass is 10.2. The summed E-state index contributed by atoms with van der Waals surface area (Å²) in [6.45, 7) is 15.2. The van der Waals surface area contributed by atoms with Crippen LogP contribution in [0.25, 0.3) is 5.82 Å². The number of aromatic nitrogens is 4. The van der Waals surface area contributed by atoms with Crippen molar-refractivity contribution in [3.63, 3.8) is 0 Å². The summed E-state index contributed by atoms with van der Waals surface area (Å²) in [4.78, 5) is 17.6. The van der Waals surface area contributed by atoms with Crippen LogP contribution in [0.15, 0.2) is 21.8 Å². The molecule has 0 saturated heterocycles. The first-order chi connectivity index (χ1) is 13.2. The molecule has 3 aromatic heterocycles. The normalized spacial score (nSPS) is 11.6. The second kappa shape index (κ2) is 7.99. The van der Waals surface area contributed by atoms with E-state index in [-0.39, 0.29) is 5.78 Å². The summed E-state index contributed by atoms with van der Waals surface area (Å²) >= 11 is 1.51. The molecule has 6 nitrogen and oxygen atoms in total. The minimum atomic E-state index is 0.0963. The van der Waals surface area contributed by atoms with Gasteiger partial charge in [-0.05, 0) is 46.6 Å². The molecule has 0 unspecified atom stereocenters. The van der Waals surface area contributed by atoms with Crippen molar-refractivity contribution in [2.24, 2.45) is 5.92 Å². The zero-order chi connectivity index (χ0) is 20.6. The zero-order valence-corrected chi connectivity index (χ0v) is 18.5. The van der Waals surface area contributed by atoms with E-state index in [9.17, 15) is 4.79 Å². The topological polar surface area (TPSA) is 65.8 Å². The van der Waals surface area contributed by atoms with Crippen molar-refractivity contribution in [1.82, 2.24) is 19.3 Å². The Kier molecular flexibility index (Phi) is 5.84. The van der Waals surface area contributed by atoms with Gasteiger partial charge in [-0.1, -0.05) is 30.8 Å². The molecule has 0 N–H and O–H groups in total. The predicted octanol–water partition coefficient (Wildman–Crippen LogP) is 4.83. The summed E-state index contributed by atoms with van der Waals surface area (Å²) in [5.74, 6) is 2.42. The fourth-order valence-electron chi connectivity index (χ4n) is 3.38. The van der Waals surface area contributed by atoms with Crippen LogP contribution in [0.1, 0.15) is 52.7 Å². The van der Waals surface area contributed by atoms with Crippen molar-refractivity contribution in [2.75, 3.05) is 5.75 Å². The van der Waals surface area contributed by atoms with E-state index in [0.29, 0.717) is 17.5 Å². The fourth-order valence-corrected chi connectivity index (χ4v) is 4.36. The Labute approximate surface area is 170 Å². The van der Waals surface area contributed by atoms with Gasteiger partial charge in [0.15, 0.2) is 16.8 Å². The van der Waals surface area contributed by atoms with Gasteiger partial charge in [-0.15, -0.1) is 0 Å². The maximum absolute atomic E-state index is 13.0. The molecule has 0 radical (unpaired) electrons. The van der Waals surface area contributed by atoms with E-state index in [4.69, 9.17) is 4.52 Å². The van der Waals surface area contributed by atoms with Gasteiger partial charge in [0.25, 0.3) is 0 Å². The maximum atomic E-state index is 13.0. The van der Waals surface area contributed by atoms with Crippen molar-refractivity contribution in [3.05, 3.63) is 46.2 Å². The molecule has 0 bridgehead atoms. The summed E-state index contributed by atoms with van der Waals surface area (Å²) in [7, 11) is 0. The largest absolute Gasteiger partial charge is 0.360 e. The Morgan fingerprint density at radius 3 is 2.46 bits per heavy atom. The highest BCUT2D eigenvalue weighted by Gasteiger charge is 2.20. The number of imidazole rings is 1. The smallest absolute Gasteiger partial charge is 0.180 e. The van der Waals surface area contributed by atoms with Crippen molar-refractivity contribution >= 4 is 17.5 Å². The number of nitrogens with zero attached hydrogens (tertiary/aromatic N) is 4. The molecule has 0 fully saturated rings. The lowest BCUT2D eigenvalue weighted by Crippen LogP contribution is -2.10. The molecule has 0 aliphatic heterocycles. The summed E-state index contributed by atoms with van der Waals surface area (Å²) in [5, 5.41) is 5.00. The lowest BCUT2D eigenvalue weighted by molar-refractivity contribution is 0.102. The lowest BCUT2D eigenvalue weighted by Gasteiger charge is -2.12. The predicted molar refractivity (Wildman–Crippen MR) is 112 cm³/mol. The van der Waals surface area contributed by atoms with E-state index in [1.54, 1.807) is 0 Å². The average molecular weight is 401 g/mol. The molecule has 0 aromatic carbocycles. The van der Waals surface area contributed by atoms with Gasteiger partial charge in [-0.2, -0.15) is 0 Å². The standard InChI is InChI=1S/C21H28N4O2S/c1-12(2)10-24-16(6)15(5)22-21(24)28-11-19(26)18-8-13(3)25(17(18)7)20-9-14(4)27-23-20/h8-9,12H,10-11H2,1-7H3. The molecule has 3 rings (SSSR count). The van der Waals surface area contributed by atoms with Gasteiger partial charge in [-0.3, -0.25) is 9.36 Å². The second-order valence-electron chi connectivity index (χ2n) is 7.70. The van der Waals surface area contributed by atoms with E-state index in [1.807, 2.05) is 44.4 Å². The van der Waals surface area contributed by atoms with Crippen molar-refractivity contribution < 1.29 is 9.32 Å². The third-order valence-electron chi connectivity index (χ3n) is 4.88. The molecule has 150 valence electrons. The minimum Gasteiger partial charge on any atom is -0.360 e. The van der Waals surface area contributed by atoms with Crippen LogP contribution in [0.3, 0.4) is 0 Å². The molecule has 3 heterocycles. The number of aryl methyl sites for hydroxylation is 3. The van der Waals surface area contributed by atoms with Gasteiger partial charge in [0, 0.05) is 35.3 Å². The number of hydrogen-bond donors (Lipinski definition) is 0. The van der Waals surface area contributed by atoms with Crippen LogP contribution in [0.2, 0.25) is 0 Å². The number of rotatable bonds is 7. The summed E-state index contributed by atoms with van der Waals surface area (Å²) in [6.07, 6.45) is 0. The quantitative estimate of drug-likeness (QED) is 0.420. The molecule has 28 heavy (non-hydrogen) atoms. The van der Waals surface area contributed by atoms with Crippen LogP contribution in [0, 0.1) is 40.5 Å². The Morgan fingerprint density at radius 2 is 1.86 bits per heavy atom. The Hall–Kier alpha value is -2.28. The van der Waals surface area contributed by atoms with Gasteiger partial charge in [0.2, 0.25) is 0 Å². The fraction of sp³-hybridized carbons (Fsp3) is 0.476. The van der Waals surface area contributed by atoms with Gasteiger partial charge in [0.05, 0.1) is 11.4 Å². The molecule has 0 aliphatic rings. The van der Waals surface area contributed by atoms with Crippen LogP contribution in [0.4, 0.5) is 0 Å². The molecule has 3 aromatic rings. The van der Waals surface area contributed by atoms with E-state index < -0.39 is 0 Å². The summed E-state index contributed by atoms with van der Waals surface area (Å²) in [5.41, 5.74) is 4.76. The summed E-state index contributed by atoms with van der Waals surface area (Å²) < 4.78 is 9.37. The first-order valence-corrected chi connectivity index (χ1v) is 10.5. The number of ketones is 1. The highest BCUT2D eigenvalue weighted by atomic mass is 32.2. The van der Waals surface area contributed by atoms with Gasteiger partial charge in [0.1, 0.15) is 5.76 Å². The number of carbonyl (C=O) groups excluding carboxylic acids is 1. The summed E-state index contributed by atoms with van der Waals surface area (Å²) in [6, 6.07) is 3.80. The van der Waals surface area contributed by atoms with Crippen molar-refractivity contribution in [2.45, 2.75) is 60.2 Å². The Morgan fingerprint density at radius 1 is 1.14 bits per heavy atom. The Balaban J connectivity index is 1.81. The van der Waals surface area contributed by atoms with Crippen LogP contribution >= 0.6 is 11.8 Å². The van der Waals surface area contributed by atoms with Crippen LogP contribution in [-0.4, -0.2) is 30.8 Å². The molecule has 0 aliphatic carbocycles. The first kappa shape index (κ1) is 20.5. The molecule has 0 atom stereocenters. The van der Waals surface area contributed by atoms with Crippen molar-refractivity contribution in [1.29, 1.82) is 0 Å². The van der Waals surface area contributed by atoms with Crippen LogP contribution in [-0.2, 0) is 6.54 Å². The molecule has 0 saturated carbocycles.